The lowest BCUT2D eigenvalue weighted by Gasteiger charge is -2.27. The Labute approximate surface area is 185 Å². The third kappa shape index (κ3) is 4.76. The first-order valence-electron chi connectivity index (χ1n) is 10.6. The minimum absolute atomic E-state index is 0.0960. The van der Waals surface area contributed by atoms with Crippen LogP contribution in [-0.4, -0.2) is 48.8 Å². The topological polar surface area (TPSA) is 110 Å². The number of hydrogen-bond donors (Lipinski definition) is 2. The van der Waals surface area contributed by atoms with Crippen LogP contribution in [0.5, 0.6) is 0 Å². The number of fused-ring (bicyclic) bond motifs is 3. The van der Waals surface area contributed by atoms with E-state index in [1.165, 1.54) is 28.4 Å². The Bertz CT molecular complexity index is 1100. The predicted octanol–water partition coefficient (Wildman–Crippen LogP) is 2.51. The van der Waals surface area contributed by atoms with E-state index < -0.39 is 0 Å². The van der Waals surface area contributed by atoms with Gasteiger partial charge in [0.1, 0.15) is 5.82 Å². The van der Waals surface area contributed by atoms with Crippen molar-refractivity contribution in [3.05, 3.63) is 41.3 Å². The fourth-order valence-electron chi connectivity index (χ4n) is 3.99. The van der Waals surface area contributed by atoms with Gasteiger partial charge in [-0.05, 0) is 12.0 Å². The highest BCUT2D eigenvalue weighted by Gasteiger charge is 2.24. The summed E-state index contributed by atoms with van der Waals surface area (Å²) in [6, 6.07) is 8.24. The molecule has 0 saturated heterocycles. The minimum atomic E-state index is -0.356. The van der Waals surface area contributed by atoms with Crippen molar-refractivity contribution in [2.24, 2.45) is 11.7 Å². The molecule has 3 heterocycles. The minimum Gasteiger partial charge on any atom is -0.370 e. The number of amides is 2. The van der Waals surface area contributed by atoms with Crippen LogP contribution in [0, 0.1) is 5.92 Å². The van der Waals surface area contributed by atoms with Gasteiger partial charge in [0.05, 0.1) is 5.75 Å². The lowest BCUT2D eigenvalue weighted by Crippen LogP contribution is -2.37. The lowest BCUT2D eigenvalue weighted by molar-refractivity contribution is -0.129. The number of primary amides is 1. The molecule has 0 fully saturated rings. The van der Waals surface area contributed by atoms with E-state index in [-0.39, 0.29) is 18.2 Å². The van der Waals surface area contributed by atoms with Crippen LogP contribution in [0.1, 0.15) is 37.4 Å². The number of H-pyrrole nitrogens is 1. The lowest BCUT2D eigenvalue weighted by atomic mass is 10.0. The van der Waals surface area contributed by atoms with Crippen LogP contribution in [0.25, 0.3) is 10.9 Å². The van der Waals surface area contributed by atoms with Crippen molar-refractivity contribution in [2.75, 3.05) is 12.3 Å². The molecule has 0 bridgehead atoms. The second-order valence-corrected chi connectivity index (χ2v) is 9.29. The molecule has 1 aliphatic heterocycles. The van der Waals surface area contributed by atoms with Crippen LogP contribution in [0.3, 0.4) is 0 Å². The Morgan fingerprint density at radius 2 is 2.06 bits per heavy atom. The molecule has 4 rings (SSSR count). The van der Waals surface area contributed by atoms with E-state index in [2.05, 4.69) is 41.2 Å². The molecular formula is C22H28N6O2S. The highest BCUT2D eigenvalue weighted by atomic mass is 32.2. The molecule has 31 heavy (non-hydrogen) atoms. The molecule has 3 aromatic rings. The van der Waals surface area contributed by atoms with E-state index in [0.717, 1.165) is 24.3 Å². The average molecular weight is 441 g/mol. The highest BCUT2D eigenvalue weighted by Crippen LogP contribution is 2.28. The molecule has 0 spiro atoms. The van der Waals surface area contributed by atoms with Crippen molar-refractivity contribution in [1.82, 2.24) is 24.6 Å². The average Bonchev–Trinajstić information content (AvgIpc) is 3.30. The number of hydrogen-bond acceptors (Lipinski definition) is 5. The molecule has 0 atom stereocenters. The number of nitrogens with two attached hydrogens (primary N) is 1. The standard InChI is InChI=1S/C22H28N6O2S/c1-14(2)11-28-20(8-7-19(23)29)25-26-22(28)31-13-21(30)27-10-9-18-16(12-27)15-5-3-4-6-17(15)24-18/h3-6,14,24H,7-13H2,1-2H3,(H2,23,29). The van der Waals surface area contributed by atoms with Crippen molar-refractivity contribution in [3.63, 3.8) is 0 Å². The zero-order valence-electron chi connectivity index (χ0n) is 17.9. The van der Waals surface area contributed by atoms with E-state index in [1.54, 1.807) is 0 Å². The van der Waals surface area contributed by atoms with Crippen molar-refractivity contribution in [2.45, 2.75) is 51.4 Å². The van der Waals surface area contributed by atoms with Gasteiger partial charge in [-0.2, -0.15) is 0 Å². The number of aromatic nitrogens is 4. The molecule has 2 aromatic heterocycles. The third-order valence-electron chi connectivity index (χ3n) is 5.50. The Morgan fingerprint density at radius 1 is 1.26 bits per heavy atom. The molecule has 0 unspecified atom stereocenters. The van der Waals surface area contributed by atoms with Gasteiger partial charge in [0.15, 0.2) is 5.16 Å². The second-order valence-electron chi connectivity index (χ2n) is 8.35. The normalized spacial score (nSPS) is 13.7. The molecule has 2 amide bonds. The first-order valence-corrected chi connectivity index (χ1v) is 11.6. The third-order valence-corrected chi connectivity index (χ3v) is 6.45. The predicted molar refractivity (Wildman–Crippen MR) is 121 cm³/mol. The summed E-state index contributed by atoms with van der Waals surface area (Å²) in [6.07, 6.45) is 1.53. The molecule has 3 N–H and O–H groups in total. The Kier molecular flexibility index (Phi) is 6.31. The summed E-state index contributed by atoms with van der Waals surface area (Å²) in [6.45, 7) is 6.30. The second kappa shape index (κ2) is 9.13. The monoisotopic (exact) mass is 440 g/mol. The van der Waals surface area contributed by atoms with Gasteiger partial charge in [-0.1, -0.05) is 43.8 Å². The number of nitrogens with one attached hydrogen (secondary N) is 1. The summed E-state index contributed by atoms with van der Waals surface area (Å²) in [5.74, 6) is 1.18. The molecular weight excluding hydrogens is 412 g/mol. The number of para-hydroxylation sites is 1. The molecule has 1 aromatic carbocycles. The van der Waals surface area contributed by atoms with E-state index in [1.807, 2.05) is 21.6 Å². The summed E-state index contributed by atoms with van der Waals surface area (Å²) >= 11 is 1.41. The van der Waals surface area contributed by atoms with Crippen molar-refractivity contribution < 1.29 is 9.59 Å². The van der Waals surface area contributed by atoms with Crippen LogP contribution in [0.4, 0.5) is 0 Å². The van der Waals surface area contributed by atoms with Crippen molar-refractivity contribution in [3.8, 4) is 0 Å². The van der Waals surface area contributed by atoms with Gasteiger partial charge in [-0.15, -0.1) is 10.2 Å². The quantitative estimate of drug-likeness (QED) is 0.523. The Morgan fingerprint density at radius 3 is 2.84 bits per heavy atom. The van der Waals surface area contributed by atoms with Crippen LogP contribution >= 0.6 is 11.8 Å². The highest BCUT2D eigenvalue weighted by molar-refractivity contribution is 7.99. The summed E-state index contributed by atoms with van der Waals surface area (Å²) in [4.78, 5) is 29.5. The number of aromatic amines is 1. The number of rotatable bonds is 8. The molecule has 0 aliphatic carbocycles. The van der Waals surface area contributed by atoms with Gasteiger partial charge in [0.2, 0.25) is 11.8 Å². The number of benzene rings is 1. The molecule has 9 heteroatoms. The SMILES string of the molecule is CC(C)Cn1c(CCC(N)=O)nnc1SCC(=O)N1CCc2[nH]c3ccccc3c2C1. The van der Waals surface area contributed by atoms with Gasteiger partial charge in [0.25, 0.3) is 0 Å². The van der Waals surface area contributed by atoms with E-state index in [0.29, 0.717) is 36.3 Å². The Hall–Kier alpha value is -2.81. The molecule has 8 nitrogen and oxygen atoms in total. The number of nitrogens with zero attached hydrogens (tertiary/aromatic N) is 4. The van der Waals surface area contributed by atoms with Gasteiger partial charge >= 0.3 is 0 Å². The molecule has 1 aliphatic rings. The number of thioether (sulfide) groups is 1. The summed E-state index contributed by atoms with van der Waals surface area (Å²) in [7, 11) is 0. The van der Waals surface area contributed by atoms with E-state index in [9.17, 15) is 9.59 Å². The van der Waals surface area contributed by atoms with Gasteiger partial charge < -0.3 is 20.2 Å². The van der Waals surface area contributed by atoms with Gasteiger partial charge in [0, 0.05) is 61.1 Å². The number of carbonyl (C=O) groups is 2. The smallest absolute Gasteiger partial charge is 0.233 e. The molecule has 164 valence electrons. The maximum atomic E-state index is 13.0. The van der Waals surface area contributed by atoms with Gasteiger partial charge in [-0.25, -0.2) is 0 Å². The maximum Gasteiger partial charge on any atom is 0.233 e. The van der Waals surface area contributed by atoms with Crippen LogP contribution in [-0.2, 0) is 35.5 Å². The zero-order valence-corrected chi connectivity index (χ0v) is 18.7. The summed E-state index contributed by atoms with van der Waals surface area (Å²) in [5.41, 5.74) is 8.86. The largest absolute Gasteiger partial charge is 0.370 e. The summed E-state index contributed by atoms with van der Waals surface area (Å²) < 4.78 is 2.01. The number of carbonyl (C=O) groups excluding carboxylic acids is 2. The first kappa shape index (κ1) is 21.4. The Balaban J connectivity index is 1.43. The van der Waals surface area contributed by atoms with Crippen LogP contribution in [0.2, 0.25) is 0 Å². The first-order chi connectivity index (χ1) is 14.9. The van der Waals surface area contributed by atoms with Crippen LogP contribution < -0.4 is 5.73 Å². The zero-order chi connectivity index (χ0) is 22.0. The van der Waals surface area contributed by atoms with Crippen molar-refractivity contribution in [1.29, 1.82) is 0 Å². The van der Waals surface area contributed by atoms with Gasteiger partial charge in [-0.3, -0.25) is 9.59 Å². The maximum absolute atomic E-state index is 13.0. The molecule has 0 saturated carbocycles. The fourth-order valence-corrected chi connectivity index (χ4v) is 4.86. The van der Waals surface area contributed by atoms with E-state index in [4.69, 9.17) is 5.73 Å². The fraction of sp³-hybridized carbons (Fsp3) is 0.455. The van der Waals surface area contributed by atoms with Crippen LogP contribution in [0.15, 0.2) is 29.4 Å². The van der Waals surface area contributed by atoms with Crippen molar-refractivity contribution >= 4 is 34.5 Å². The molecule has 0 radical (unpaired) electrons. The number of aryl methyl sites for hydroxylation is 1. The van der Waals surface area contributed by atoms with E-state index >= 15 is 0 Å². The summed E-state index contributed by atoms with van der Waals surface area (Å²) in [5, 5.41) is 10.4.